The van der Waals surface area contributed by atoms with Crippen molar-refractivity contribution in [3.05, 3.63) is 53.0 Å². The molecule has 9 heteroatoms. The van der Waals surface area contributed by atoms with Crippen LogP contribution in [-0.4, -0.2) is 29.7 Å². The number of thiazole rings is 1. The smallest absolute Gasteiger partial charge is 0.306 e. The zero-order valence-corrected chi connectivity index (χ0v) is 18.1. The molecule has 0 saturated carbocycles. The number of benzene rings is 2. The Labute approximate surface area is 181 Å². The van der Waals surface area contributed by atoms with E-state index in [0.29, 0.717) is 16.2 Å². The molecular formula is C21H20F2N2O3S2. The molecule has 0 unspecified atom stereocenters. The summed E-state index contributed by atoms with van der Waals surface area (Å²) in [5, 5.41) is 0.467. The summed E-state index contributed by atoms with van der Waals surface area (Å²) in [5.74, 6) is -2.61. The van der Waals surface area contributed by atoms with Crippen LogP contribution in [0.3, 0.4) is 0 Å². The van der Waals surface area contributed by atoms with Crippen LogP contribution in [0.25, 0.3) is 10.2 Å². The van der Waals surface area contributed by atoms with Crippen molar-refractivity contribution in [3.63, 3.8) is 0 Å². The van der Waals surface area contributed by atoms with E-state index in [0.717, 1.165) is 22.3 Å². The van der Waals surface area contributed by atoms with Crippen LogP contribution in [0.2, 0.25) is 0 Å². The van der Waals surface area contributed by atoms with E-state index in [1.54, 1.807) is 6.92 Å². The number of amides is 1. The SMILES string of the molecule is CCOC(=O)CCC(=O)N(Cc1nc2ccc(F)c(F)c2s1)c1ccccc1SC. The molecule has 0 aliphatic carbocycles. The highest BCUT2D eigenvalue weighted by molar-refractivity contribution is 7.98. The van der Waals surface area contributed by atoms with Gasteiger partial charge in [0.25, 0.3) is 0 Å². The maximum Gasteiger partial charge on any atom is 0.306 e. The number of esters is 1. The minimum atomic E-state index is -0.944. The Morgan fingerprint density at radius 3 is 2.67 bits per heavy atom. The number of carbonyl (C=O) groups excluding carboxylic acids is 2. The molecule has 0 saturated heterocycles. The Balaban J connectivity index is 1.92. The molecule has 3 aromatic rings. The van der Waals surface area contributed by atoms with Gasteiger partial charge in [-0.05, 0) is 37.4 Å². The van der Waals surface area contributed by atoms with Gasteiger partial charge in [0.1, 0.15) is 5.01 Å². The van der Waals surface area contributed by atoms with Crippen LogP contribution >= 0.6 is 23.1 Å². The molecule has 0 fully saturated rings. The number of carbonyl (C=O) groups is 2. The number of anilines is 1. The first kappa shape index (κ1) is 22.2. The lowest BCUT2D eigenvalue weighted by Crippen LogP contribution is -2.31. The summed E-state index contributed by atoms with van der Waals surface area (Å²) < 4.78 is 32.7. The first-order valence-electron chi connectivity index (χ1n) is 9.27. The number of fused-ring (bicyclic) bond motifs is 1. The number of aromatic nitrogens is 1. The van der Waals surface area contributed by atoms with Crippen molar-refractivity contribution in [2.24, 2.45) is 0 Å². The summed E-state index contributed by atoms with van der Waals surface area (Å²) in [6, 6.07) is 9.82. The molecule has 5 nitrogen and oxygen atoms in total. The maximum atomic E-state index is 14.1. The number of rotatable bonds is 8. The average Bonchev–Trinajstić information content (AvgIpc) is 3.17. The van der Waals surface area contributed by atoms with Crippen molar-refractivity contribution in [3.8, 4) is 0 Å². The number of halogens is 2. The predicted molar refractivity (Wildman–Crippen MR) is 115 cm³/mol. The third kappa shape index (κ3) is 4.96. The van der Waals surface area contributed by atoms with Gasteiger partial charge in [0.05, 0.1) is 35.5 Å². The molecule has 30 heavy (non-hydrogen) atoms. The normalized spacial score (nSPS) is 10.9. The van der Waals surface area contributed by atoms with E-state index in [-0.39, 0.29) is 36.6 Å². The highest BCUT2D eigenvalue weighted by Gasteiger charge is 2.22. The number of hydrogen-bond donors (Lipinski definition) is 0. The van der Waals surface area contributed by atoms with Crippen LogP contribution < -0.4 is 4.90 Å². The van der Waals surface area contributed by atoms with Gasteiger partial charge in [-0.3, -0.25) is 9.59 Å². The third-order valence-electron chi connectivity index (χ3n) is 4.31. The number of hydrogen-bond acceptors (Lipinski definition) is 6. The van der Waals surface area contributed by atoms with Crippen molar-refractivity contribution in [1.82, 2.24) is 4.98 Å². The molecule has 0 N–H and O–H groups in total. The fourth-order valence-corrected chi connectivity index (χ4v) is 4.50. The second-order valence-electron chi connectivity index (χ2n) is 6.27. The lowest BCUT2D eigenvalue weighted by atomic mass is 10.2. The molecule has 3 rings (SSSR count). The Hall–Kier alpha value is -2.52. The molecule has 0 spiro atoms. The van der Waals surface area contributed by atoms with Gasteiger partial charge >= 0.3 is 5.97 Å². The summed E-state index contributed by atoms with van der Waals surface area (Å²) in [6.45, 7) is 2.04. The number of nitrogens with zero attached hydrogens (tertiary/aromatic N) is 2. The van der Waals surface area contributed by atoms with Gasteiger partial charge < -0.3 is 9.64 Å². The summed E-state index contributed by atoms with van der Waals surface area (Å²) in [7, 11) is 0. The van der Waals surface area contributed by atoms with Gasteiger partial charge in [-0.2, -0.15) is 0 Å². The number of ether oxygens (including phenoxy) is 1. The van der Waals surface area contributed by atoms with Crippen LogP contribution in [0, 0.1) is 11.6 Å². The van der Waals surface area contributed by atoms with Crippen molar-refractivity contribution in [1.29, 1.82) is 0 Å². The number of para-hydroxylation sites is 1. The minimum absolute atomic E-state index is 0.0323. The van der Waals surface area contributed by atoms with Crippen molar-refractivity contribution in [2.75, 3.05) is 17.8 Å². The van der Waals surface area contributed by atoms with Crippen molar-refractivity contribution in [2.45, 2.75) is 31.2 Å². The highest BCUT2D eigenvalue weighted by Crippen LogP contribution is 2.32. The topological polar surface area (TPSA) is 59.5 Å². The Morgan fingerprint density at radius 1 is 1.17 bits per heavy atom. The van der Waals surface area contributed by atoms with Gasteiger partial charge in [-0.15, -0.1) is 23.1 Å². The quantitative estimate of drug-likeness (QED) is 0.350. The highest BCUT2D eigenvalue weighted by atomic mass is 32.2. The summed E-state index contributed by atoms with van der Waals surface area (Å²) in [4.78, 5) is 31.5. The van der Waals surface area contributed by atoms with Gasteiger partial charge in [-0.1, -0.05) is 12.1 Å². The van der Waals surface area contributed by atoms with Gasteiger partial charge in [0, 0.05) is 11.3 Å². The van der Waals surface area contributed by atoms with Crippen LogP contribution in [0.15, 0.2) is 41.3 Å². The van der Waals surface area contributed by atoms with E-state index < -0.39 is 17.6 Å². The third-order valence-corrected chi connectivity index (χ3v) is 6.15. The van der Waals surface area contributed by atoms with Crippen LogP contribution in [0.1, 0.15) is 24.8 Å². The molecular weight excluding hydrogens is 430 g/mol. The van der Waals surface area contributed by atoms with E-state index in [4.69, 9.17) is 4.74 Å². The molecule has 0 atom stereocenters. The molecule has 0 aliphatic heterocycles. The van der Waals surface area contributed by atoms with Gasteiger partial charge in [0.15, 0.2) is 11.6 Å². The average molecular weight is 451 g/mol. The molecule has 1 amide bonds. The van der Waals surface area contributed by atoms with Crippen LogP contribution in [-0.2, 0) is 20.9 Å². The van der Waals surface area contributed by atoms with Crippen molar-refractivity contribution < 1.29 is 23.1 Å². The Kier molecular flexibility index (Phi) is 7.38. The fraction of sp³-hybridized carbons (Fsp3) is 0.286. The number of thioether (sulfide) groups is 1. The molecule has 2 aromatic carbocycles. The lowest BCUT2D eigenvalue weighted by molar-refractivity contribution is -0.144. The monoisotopic (exact) mass is 450 g/mol. The summed E-state index contributed by atoms with van der Waals surface area (Å²) in [6.07, 6.45) is 1.83. The van der Waals surface area contributed by atoms with E-state index in [2.05, 4.69) is 4.98 Å². The van der Waals surface area contributed by atoms with E-state index in [9.17, 15) is 18.4 Å². The first-order valence-corrected chi connectivity index (χ1v) is 11.3. The molecule has 1 heterocycles. The first-order chi connectivity index (χ1) is 14.4. The molecule has 0 aliphatic rings. The van der Waals surface area contributed by atoms with E-state index in [1.807, 2.05) is 30.5 Å². The second kappa shape index (κ2) is 9.99. The van der Waals surface area contributed by atoms with Crippen molar-refractivity contribution >= 4 is 50.9 Å². The molecule has 0 radical (unpaired) electrons. The van der Waals surface area contributed by atoms with Crippen LogP contribution in [0.5, 0.6) is 0 Å². The maximum absolute atomic E-state index is 14.1. The minimum Gasteiger partial charge on any atom is -0.466 e. The van der Waals surface area contributed by atoms with Crippen LogP contribution in [0.4, 0.5) is 14.5 Å². The zero-order chi connectivity index (χ0) is 21.7. The largest absolute Gasteiger partial charge is 0.466 e. The summed E-state index contributed by atoms with van der Waals surface area (Å²) >= 11 is 2.49. The standard InChI is InChI=1S/C21H20F2N2O3S2/c1-3-28-19(27)11-10-18(26)25(15-6-4-5-7-16(15)29-2)12-17-24-14-9-8-13(22)20(23)21(14)30-17/h4-9H,3,10-12H2,1-2H3. The molecule has 0 bridgehead atoms. The van der Waals surface area contributed by atoms with Gasteiger partial charge in [0.2, 0.25) is 5.91 Å². The Bertz CT molecular complexity index is 1070. The lowest BCUT2D eigenvalue weighted by Gasteiger charge is -2.24. The Morgan fingerprint density at radius 2 is 1.93 bits per heavy atom. The predicted octanol–water partition coefficient (Wildman–Crippen LogP) is 5.17. The van der Waals surface area contributed by atoms with E-state index in [1.165, 1.54) is 22.7 Å². The van der Waals surface area contributed by atoms with Gasteiger partial charge in [-0.25, -0.2) is 13.8 Å². The summed E-state index contributed by atoms with van der Waals surface area (Å²) in [5.41, 5.74) is 1.01. The zero-order valence-electron chi connectivity index (χ0n) is 16.5. The van der Waals surface area contributed by atoms with E-state index >= 15 is 0 Å². The molecule has 158 valence electrons. The second-order valence-corrected chi connectivity index (χ2v) is 8.21. The molecule has 1 aromatic heterocycles. The fourth-order valence-electron chi connectivity index (χ4n) is 2.92.